The molecule has 0 aliphatic heterocycles. The Morgan fingerprint density at radius 1 is 1.06 bits per heavy atom. The summed E-state index contributed by atoms with van der Waals surface area (Å²) in [5.74, 6) is 1.36. The number of nitrogens with zero attached hydrogens (tertiary/aromatic N) is 3. The SMILES string of the molecule is C#CCN(C)S(=O)(=O)c1ccc(Cn2nc(C(=O)Nc3ccc(C(N)=O)cc3)c3ccccc32)cc1. The van der Waals surface area contributed by atoms with Crippen LogP contribution in [-0.2, 0) is 16.6 Å². The lowest BCUT2D eigenvalue weighted by Crippen LogP contribution is -2.27. The third-order valence-electron chi connectivity index (χ3n) is 5.58. The standard InChI is InChI=1S/C26H23N5O4S/c1-3-16-30(2)36(34,35)21-14-8-18(9-15-21)17-31-23-7-5-4-6-22(23)24(29-31)26(33)28-20-12-10-19(11-13-20)25(27)32/h1,4-15H,16-17H2,2H3,(H2,27,32)(H,28,33). The van der Waals surface area contributed by atoms with E-state index in [9.17, 15) is 18.0 Å². The van der Waals surface area contributed by atoms with Crippen LogP contribution in [0.1, 0.15) is 26.4 Å². The zero-order valence-corrected chi connectivity index (χ0v) is 20.2. The first-order valence-electron chi connectivity index (χ1n) is 10.9. The van der Waals surface area contributed by atoms with Crippen LogP contribution >= 0.6 is 0 Å². The lowest BCUT2D eigenvalue weighted by atomic mass is 10.1. The van der Waals surface area contributed by atoms with E-state index in [0.29, 0.717) is 23.2 Å². The van der Waals surface area contributed by atoms with Gasteiger partial charge in [-0.2, -0.15) is 9.40 Å². The van der Waals surface area contributed by atoms with Crippen LogP contribution in [0.5, 0.6) is 0 Å². The summed E-state index contributed by atoms with van der Waals surface area (Å²) in [6, 6.07) is 20.0. The van der Waals surface area contributed by atoms with Gasteiger partial charge in [0.05, 0.1) is 23.5 Å². The third kappa shape index (κ3) is 4.98. The molecule has 0 aliphatic carbocycles. The second kappa shape index (κ2) is 10.0. The Morgan fingerprint density at radius 2 is 1.72 bits per heavy atom. The number of carbonyl (C=O) groups excluding carboxylic acids is 2. The number of aromatic nitrogens is 2. The number of nitrogens with one attached hydrogen (secondary N) is 1. The van der Waals surface area contributed by atoms with Crippen LogP contribution in [0.25, 0.3) is 10.9 Å². The summed E-state index contributed by atoms with van der Waals surface area (Å²) in [6.07, 6.45) is 5.23. The highest BCUT2D eigenvalue weighted by atomic mass is 32.2. The van der Waals surface area contributed by atoms with E-state index < -0.39 is 21.8 Å². The van der Waals surface area contributed by atoms with Crippen molar-refractivity contribution >= 4 is 38.4 Å². The predicted molar refractivity (Wildman–Crippen MR) is 137 cm³/mol. The Kier molecular flexibility index (Phi) is 6.87. The fraction of sp³-hybridized carbons (Fsp3) is 0.115. The summed E-state index contributed by atoms with van der Waals surface area (Å²) < 4.78 is 28.0. The maximum absolute atomic E-state index is 13.0. The van der Waals surface area contributed by atoms with Crippen molar-refractivity contribution in [2.24, 2.45) is 5.73 Å². The molecule has 0 saturated heterocycles. The van der Waals surface area contributed by atoms with Gasteiger partial charge in [0, 0.05) is 23.7 Å². The summed E-state index contributed by atoms with van der Waals surface area (Å²) in [6.45, 7) is 0.297. The summed E-state index contributed by atoms with van der Waals surface area (Å²) in [5, 5.41) is 7.98. The number of primary amides is 1. The van der Waals surface area contributed by atoms with E-state index in [1.165, 1.54) is 31.3 Å². The molecule has 1 aromatic heterocycles. The molecule has 0 fully saturated rings. The number of anilines is 1. The topological polar surface area (TPSA) is 127 Å². The lowest BCUT2D eigenvalue weighted by Gasteiger charge is -2.14. The number of terminal acetylenes is 1. The van der Waals surface area contributed by atoms with Gasteiger partial charge in [-0.3, -0.25) is 14.3 Å². The number of sulfonamides is 1. The van der Waals surface area contributed by atoms with Crippen molar-refractivity contribution in [2.75, 3.05) is 18.9 Å². The van der Waals surface area contributed by atoms with Crippen molar-refractivity contribution in [2.45, 2.75) is 11.4 Å². The second-order valence-electron chi connectivity index (χ2n) is 8.03. The number of hydrogen-bond donors (Lipinski definition) is 2. The number of nitrogens with two attached hydrogens (primary N) is 1. The van der Waals surface area contributed by atoms with Crippen LogP contribution in [0.2, 0.25) is 0 Å². The number of carbonyl (C=O) groups is 2. The molecular weight excluding hydrogens is 478 g/mol. The fourth-order valence-corrected chi connectivity index (χ4v) is 4.74. The molecule has 0 saturated carbocycles. The van der Waals surface area contributed by atoms with Crippen LogP contribution in [0.15, 0.2) is 77.7 Å². The molecule has 4 aromatic rings. The molecule has 0 spiro atoms. The highest BCUT2D eigenvalue weighted by Gasteiger charge is 2.20. The van der Waals surface area contributed by atoms with Gasteiger partial charge < -0.3 is 11.1 Å². The van der Waals surface area contributed by atoms with Crippen molar-refractivity contribution in [1.29, 1.82) is 0 Å². The molecule has 3 N–H and O–H groups in total. The quantitative estimate of drug-likeness (QED) is 0.359. The molecule has 36 heavy (non-hydrogen) atoms. The number of para-hydroxylation sites is 1. The molecule has 1 heterocycles. The van der Waals surface area contributed by atoms with E-state index in [-0.39, 0.29) is 17.1 Å². The number of hydrogen-bond acceptors (Lipinski definition) is 5. The van der Waals surface area contributed by atoms with Crippen LogP contribution in [-0.4, -0.2) is 47.9 Å². The number of amides is 2. The molecule has 9 nitrogen and oxygen atoms in total. The molecular formula is C26H23N5O4S. The normalized spacial score (nSPS) is 11.4. The van der Waals surface area contributed by atoms with Crippen molar-refractivity contribution in [1.82, 2.24) is 14.1 Å². The van der Waals surface area contributed by atoms with E-state index in [1.807, 2.05) is 18.2 Å². The molecule has 2 amide bonds. The lowest BCUT2D eigenvalue weighted by molar-refractivity contribution is 0.0998. The largest absolute Gasteiger partial charge is 0.366 e. The molecule has 182 valence electrons. The van der Waals surface area contributed by atoms with Gasteiger partial charge in [0.2, 0.25) is 15.9 Å². The molecule has 0 aliphatic rings. The molecule has 0 radical (unpaired) electrons. The number of rotatable bonds is 8. The average molecular weight is 502 g/mol. The zero-order valence-electron chi connectivity index (χ0n) is 19.4. The van der Waals surface area contributed by atoms with Crippen molar-refractivity contribution in [3.63, 3.8) is 0 Å². The van der Waals surface area contributed by atoms with E-state index in [0.717, 1.165) is 15.4 Å². The summed E-state index contributed by atoms with van der Waals surface area (Å²) >= 11 is 0. The average Bonchev–Trinajstić information content (AvgIpc) is 3.23. The summed E-state index contributed by atoms with van der Waals surface area (Å²) in [5.41, 5.74) is 7.88. The third-order valence-corrected chi connectivity index (χ3v) is 7.40. The predicted octanol–water partition coefficient (Wildman–Crippen LogP) is 2.69. The van der Waals surface area contributed by atoms with Crippen LogP contribution in [0, 0.1) is 12.3 Å². The number of fused-ring (bicyclic) bond motifs is 1. The maximum atomic E-state index is 13.0. The first-order chi connectivity index (χ1) is 17.2. The van der Waals surface area contributed by atoms with Gasteiger partial charge in [0.25, 0.3) is 5.91 Å². The van der Waals surface area contributed by atoms with Gasteiger partial charge in [0.15, 0.2) is 5.69 Å². The monoisotopic (exact) mass is 501 g/mol. The fourth-order valence-electron chi connectivity index (χ4n) is 3.66. The minimum Gasteiger partial charge on any atom is -0.366 e. The first kappa shape index (κ1) is 24.7. The van der Waals surface area contributed by atoms with Crippen molar-refractivity contribution in [3.05, 3.63) is 89.6 Å². The van der Waals surface area contributed by atoms with E-state index in [1.54, 1.807) is 35.0 Å². The minimum absolute atomic E-state index is 0.0243. The van der Waals surface area contributed by atoms with Gasteiger partial charge in [-0.1, -0.05) is 36.3 Å². The van der Waals surface area contributed by atoms with Crippen molar-refractivity contribution in [3.8, 4) is 12.3 Å². The Hall–Kier alpha value is -4.46. The molecule has 0 unspecified atom stereocenters. The van der Waals surface area contributed by atoms with Crippen LogP contribution in [0.4, 0.5) is 5.69 Å². The minimum atomic E-state index is -3.68. The zero-order chi connectivity index (χ0) is 25.9. The molecule has 0 atom stereocenters. The van der Waals surface area contributed by atoms with Gasteiger partial charge in [0.1, 0.15) is 0 Å². The molecule has 10 heteroatoms. The number of benzene rings is 3. The summed E-state index contributed by atoms with van der Waals surface area (Å²) in [4.78, 5) is 24.4. The van der Waals surface area contributed by atoms with Gasteiger partial charge >= 0.3 is 0 Å². The molecule has 3 aromatic carbocycles. The van der Waals surface area contributed by atoms with Gasteiger partial charge in [-0.05, 0) is 48.0 Å². The van der Waals surface area contributed by atoms with E-state index in [4.69, 9.17) is 12.2 Å². The molecule has 0 bridgehead atoms. The Labute approximate surface area is 208 Å². The van der Waals surface area contributed by atoms with E-state index >= 15 is 0 Å². The first-order valence-corrected chi connectivity index (χ1v) is 12.3. The van der Waals surface area contributed by atoms with Gasteiger partial charge in [-0.25, -0.2) is 8.42 Å². The van der Waals surface area contributed by atoms with Crippen molar-refractivity contribution < 1.29 is 18.0 Å². The highest BCUT2D eigenvalue weighted by molar-refractivity contribution is 7.89. The second-order valence-corrected chi connectivity index (χ2v) is 10.1. The van der Waals surface area contributed by atoms with E-state index in [2.05, 4.69) is 16.3 Å². The van der Waals surface area contributed by atoms with Crippen LogP contribution < -0.4 is 11.1 Å². The smallest absolute Gasteiger partial charge is 0.276 e. The Balaban J connectivity index is 1.58. The highest BCUT2D eigenvalue weighted by Crippen LogP contribution is 2.22. The van der Waals surface area contributed by atoms with Gasteiger partial charge in [-0.15, -0.1) is 6.42 Å². The maximum Gasteiger partial charge on any atom is 0.276 e. The Bertz CT molecular complexity index is 1580. The summed E-state index contributed by atoms with van der Waals surface area (Å²) in [7, 11) is -2.25. The Morgan fingerprint density at radius 3 is 2.36 bits per heavy atom. The molecule has 4 rings (SSSR count). The van der Waals surface area contributed by atoms with Crippen LogP contribution in [0.3, 0.4) is 0 Å².